The Labute approximate surface area is 134 Å². The van der Waals surface area contributed by atoms with E-state index in [1.807, 2.05) is 30.3 Å². The molecule has 0 aliphatic carbocycles. The van der Waals surface area contributed by atoms with Gasteiger partial charge in [0.2, 0.25) is 0 Å². The summed E-state index contributed by atoms with van der Waals surface area (Å²) in [5.74, 6) is -1.45. The molecule has 1 fully saturated rings. The van der Waals surface area contributed by atoms with Gasteiger partial charge in [-0.2, -0.15) is 5.10 Å². The van der Waals surface area contributed by atoms with E-state index in [-0.39, 0.29) is 12.5 Å². The maximum absolute atomic E-state index is 12.7. The minimum atomic E-state index is -0.834. The number of benzene rings is 1. The molecule has 0 bridgehead atoms. The Morgan fingerprint density at radius 2 is 2.00 bits per heavy atom. The molecule has 23 heavy (non-hydrogen) atoms. The van der Waals surface area contributed by atoms with Gasteiger partial charge in [-0.15, -0.1) is 0 Å². The summed E-state index contributed by atoms with van der Waals surface area (Å²) in [6.45, 7) is 2.66. The molecule has 0 saturated carbocycles. The van der Waals surface area contributed by atoms with Gasteiger partial charge >= 0.3 is 5.97 Å². The number of likely N-dealkylation sites (tertiary alicyclic amines) is 1. The van der Waals surface area contributed by atoms with E-state index < -0.39 is 11.9 Å². The number of aromatic nitrogens is 2. The van der Waals surface area contributed by atoms with Gasteiger partial charge in [0, 0.05) is 19.3 Å². The molecular formula is C17H19N3O3. The number of carboxylic acids is 1. The summed E-state index contributed by atoms with van der Waals surface area (Å²) in [5.41, 5.74) is 2.06. The van der Waals surface area contributed by atoms with Gasteiger partial charge in [-0.3, -0.25) is 9.59 Å². The molecule has 0 radical (unpaired) electrons. The first-order chi connectivity index (χ1) is 11.1. The third-order valence-electron chi connectivity index (χ3n) is 4.21. The molecule has 1 amide bonds. The molecule has 0 spiro atoms. The van der Waals surface area contributed by atoms with E-state index in [0.29, 0.717) is 30.6 Å². The maximum Gasteiger partial charge on any atom is 0.308 e. The van der Waals surface area contributed by atoms with Crippen molar-refractivity contribution in [3.05, 3.63) is 47.8 Å². The Balaban J connectivity index is 1.83. The number of carboxylic acid groups (broad SMARTS) is 1. The van der Waals surface area contributed by atoms with Gasteiger partial charge in [-0.25, -0.2) is 4.68 Å². The van der Waals surface area contributed by atoms with E-state index in [2.05, 4.69) is 5.10 Å². The number of hydrogen-bond donors (Lipinski definition) is 1. The SMILES string of the molecule is Cc1nn(-c2ccccc2)cc1C(=O)N1CCC[C@H](C(=O)O)C1. The molecule has 1 atom stereocenters. The summed E-state index contributed by atoms with van der Waals surface area (Å²) >= 11 is 0. The molecule has 6 nitrogen and oxygen atoms in total. The first-order valence-corrected chi connectivity index (χ1v) is 7.70. The summed E-state index contributed by atoms with van der Waals surface area (Å²) in [5, 5.41) is 13.6. The average molecular weight is 313 g/mol. The van der Waals surface area contributed by atoms with Crippen LogP contribution in [0.3, 0.4) is 0 Å². The molecule has 0 unspecified atom stereocenters. The normalized spacial score (nSPS) is 18.0. The molecule has 120 valence electrons. The van der Waals surface area contributed by atoms with Crippen molar-refractivity contribution in [3.8, 4) is 5.69 Å². The van der Waals surface area contributed by atoms with Crippen LogP contribution < -0.4 is 0 Å². The average Bonchev–Trinajstić information content (AvgIpc) is 2.97. The molecule has 1 aliphatic heterocycles. The predicted octanol–water partition coefficient (Wildman–Crippen LogP) is 2.12. The van der Waals surface area contributed by atoms with Crippen molar-refractivity contribution in [2.75, 3.05) is 13.1 Å². The lowest BCUT2D eigenvalue weighted by Gasteiger charge is -2.30. The topological polar surface area (TPSA) is 75.4 Å². The smallest absolute Gasteiger partial charge is 0.308 e. The number of piperidine rings is 1. The molecule has 6 heteroatoms. The van der Waals surface area contributed by atoms with Crippen LogP contribution >= 0.6 is 0 Å². The molecule has 1 saturated heterocycles. The first-order valence-electron chi connectivity index (χ1n) is 7.70. The lowest BCUT2D eigenvalue weighted by molar-refractivity contribution is -0.143. The van der Waals surface area contributed by atoms with Crippen molar-refractivity contribution < 1.29 is 14.7 Å². The van der Waals surface area contributed by atoms with Crippen molar-refractivity contribution in [2.45, 2.75) is 19.8 Å². The monoisotopic (exact) mass is 313 g/mol. The minimum absolute atomic E-state index is 0.143. The lowest BCUT2D eigenvalue weighted by atomic mass is 9.98. The summed E-state index contributed by atoms with van der Waals surface area (Å²) in [6.07, 6.45) is 3.06. The molecular weight excluding hydrogens is 294 g/mol. The van der Waals surface area contributed by atoms with Gasteiger partial charge in [0.1, 0.15) is 0 Å². The number of carbonyl (C=O) groups excluding carboxylic acids is 1. The Morgan fingerprint density at radius 1 is 1.26 bits per heavy atom. The number of nitrogens with zero attached hydrogens (tertiary/aromatic N) is 3. The van der Waals surface area contributed by atoms with E-state index in [1.165, 1.54) is 0 Å². The molecule has 3 rings (SSSR count). The highest BCUT2D eigenvalue weighted by atomic mass is 16.4. The first kappa shape index (κ1) is 15.3. The van der Waals surface area contributed by atoms with Crippen molar-refractivity contribution in [2.24, 2.45) is 5.92 Å². The van der Waals surface area contributed by atoms with Crippen LogP contribution in [0.5, 0.6) is 0 Å². The van der Waals surface area contributed by atoms with Crippen molar-refractivity contribution >= 4 is 11.9 Å². The van der Waals surface area contributed by atoms with Crippen LogP contribution in [0.25, 0.3) is 5.69 Å². The van der Waals surface area contributed by atoms with Gasteiger partial charge in [-0.05, 0) is 31.9 Å². The van der Waals surface area contributed by atoms with Gasteiger partial charge in [0.15, 0.2) is 0 Å². The highest BCUT2D eigenvalue weighted by molar-refractivity contribution is 5.95. The second-order valence-electron chi connectivity index (χ2n) is 5.84. The summed E-state index contributed by atoms with van der Waals surface area (Å²) in [4.78, 5) is 25.5. The highest BCUT2D eigenvalue weighted by Gasteiger charge is 2.30. The summed E-state index contributed by atoms with van der Waals surface area (Å²) < 4.78 is 1.68. The Morgan fingerprint density at radius 3 is 2.70 bits per heavy atom. The van der Waals surface area contributed by atoms with Crippen LogP contribution in [0.4, 0.5) is 0 Å². The number of para-hydroxylation sites is 1. The highest BCUT2D eigenvalue weighted by Crippen LogP contribution is 2.20. The Kier molecular flexibility index (Phi) is 4.14. The lowest BCUT2D eigenvalue weighted by Crippen LogP contribution is -2.42. The number of carbonyl (C=O) groups is 2. The fourth-order valence-corrected chi connectivity index (χ4v) is 2.92. The van der Waals surface area contributed by atoms with E-state index in [1.54, 1.807) is 22.7 Å². The van der Waals surface area contributed by atoms with Crippen LogP contribution in [-0.2, 0) is 4.79 Å². The molecule has 1 N–H and O–H groups in total. The third kappa shape index (κ3) is 3.11. The van der Waals surface area contributed by atoms with Crippen LogP contribution in [0.15, 0.2) is 36.5 Å². The van der Waals surface area contributed by atoms with Gasteiger partial charge in [0.25, 0.3) is 5.91 Å². The van der Waals surface area contributed by atoms with Gasteiger partial charge in [0.05, 0.1) is 22.9 Å². The Bertz CT molecular complexity index is 724. The van der Waals surface area contributed by atoms with Crippen LogP contribution in [0.2, 0.25) is 0 Å². The van der Waals surface area contributed by atoms with Crippen LogP contribution in [-0.4, -0.2) is 44.8 Å². The molecule has 1 aromatic heterocycles. The van der Waals surface area contributed by atoms with E-state index in [9.17, 15) is 9.59 Å². The Hall–Kier alpha value is -2.63. The number of aryl methyl sites for hydroxylation is 1. The zero-order valence-corrected chi connectivity index (χ0v) is 13.0. The largest absolute Gasteiger partial charge is 0.481 e. The second kappa shape index (κ2) is 6.24. The van der Waals surface area contributed by atoms with E-state index >= 15 is 0 Å². The molecule has 2 aromatic rings. The number of rotatable bonds is 3. The zero-order chi connectivity index (χ0) is 16.4. The zero-order valence-electron chi connectivity index (χ0n) is 13.0. The number of aliphatic carboxylic acids is 1. The minimum Gasteiger partial charge on any atom is -0.481 e. The molecule has 2 heterocycles. The summed E-state index contributed by atoms with van der Waals surface area (Å²) in [7, 11) is 0. The third-order valence-corrected chi connectivity index (χ3v) is 4.21. The van der Waals surface area contributed by atoms with Crippen molar-refractivity contribution in [3.63, 3.8) is 0 Å². The van der Waals surface area contributed by atoms with Crippen molar-refractivity contribution in [1.82, 2.24) is 14.7 Å². The molecule has 1 aromatic carbocycles. The van der Waals surface area contributed by atoms with Crippen molar-refractivity contribution in [1.29, 1.82) is 0 Å². The number of hydrogen-bond acceptors (Lipinski definition) is 3. The molecule has 1 aliphatic rings. The van der Waals surface area contributed by atoms with E-state index in [0.717, 1.165) is 5.69 Å². The number of amides is 1. The van der Waals surface area contributed by atoms with E-state index in [4.69, 9.17) is 5.11 Å². The van der Waals surface area contributed by atoms with Crippen LogP contribution in [0.1, 0.15) is 28.9 Å². The quantitative estimate of drug-likeness (QED) is 0.942. The van der Waals surface area contributed by atoms with Gasteiger partial charge in [-0.1, -0.05) is 18.2 Å². The fourth-order valence-electron chi connectivity index (χ4n) is 2.92. The van der Waals surface area contributed by atoms with Gasteiger partial charge < -0.3 is 10.0 Å². The standard InChI is InChI=1S/C17H19N3O3/c1-12-15(11-20(18-12)14-7-3-2-4-8-14)16(21)19-9-5-6-13(10-19)17(22)23/h2-4,7-8,11,13H,5-6,9-10H2,1H3,(H,22,23)/t13-/m0/s1. The predicted molar refractivity (Wildman–Crippen MR) is 84.6 cm³/mol. The fraction of sp³-hybridized carbons (Fsp3) is 0.353. The second-order valence-corrected chi connectivity index (χ2v) is 5.84. The van der Waals surface area contributed by atoms with Crippen LogP contribution in [0, 0.1) is 12.8 Å². The maximum atomic E-state index is 12.7. The summed E-state index contributed by atoms with van der Waals surface area (Å²) in [6, 6.07) is 9.58.